The van der Waals surface area contributed by atoms with Gasteiger partial charge in [-0.15, -0.1) is 0 Å². The second-order valence-corrected chi connectivity index (χ2v) is 6.50. The Balaban J connectivity index is 1.83. The van der Waals surface area contributed by atoms with Crippen LogP contribution in [0, 0.1) is 5.92 Å². The van der Waals surface area contributed by atoms with Crippen molar-refractivity contribution in [3.05, 3.63) is 29.8 Å². The maximum Gasteiger partial charge on any atom is 0.263 e. The Morgan fingerprint density at radius 2 is 2.00 bits per heavy atom. The molecule has 1 N–H and O–H groups in total. The number of hydrogen-bond donors (Lipinski definition) is 1. The summed E-state index contributed by atoms with van der Waals surface area (Å²) >= 11 is 0. The van der Waals surface area contributed by atoms with E-state index in [-0.39, 0.29) is 0 Å². The van der Waals surface area contributed by atoms with E-state index in [2.05, 4.69) is 9.71 Å². The van der Waals surface area contributed by atoms with Gasteiger partial charge in [-0.05, 0) is 30.9 Å². The number of ether oxygens (including phenoxy) is 1. The number of nitrogens with one attached hydrogen (secondary N) is 1. The summed E-state index contributed by atoms with van der Waals surface area (Å²) < 4.78 is 31.6. The van der Waals surface area contributed by atoms with E-state index in [1.807, 2.05) is 6.07 Å². The van der Waals surface area contributed by atoms with E-state index in [4.69, 9.17) is 4.74 Å². The second-order valence-electron chi connectivity index (χ2n) is 4.85. The van der Waals surface area contributed by atoms with Crippen LogP contribution in [0.5, 0.6) is 0 Å². The molecule has 1 saturated heterocycles. The number of fused-ring (bicyclic) bond motifs is 1. The van der Waals surface area contributed by atoms with Gasteiger partial charge >= 0.3 is 0 Å². The van der Waals surface area contributed by atoms with E-state index in [1.54, 1.807) is 18.2 Å². The molecule has 19 heavy (non-hydrogen) atoms. The molecule has 2 aliphatic rings. The summed E-state index contributed by atoms with van der Waals surface area (Å²) in [5.41, 5.74) is 0.676. The zero-order chi connectivity index (χ0) is 13.3. The maximum absolute atomic E-state index is 11.9. The molecular formula is C13H16N2O3S. The summed E-state index contributed by atoms with van der Waals surface area (Å²) in [5.74, 6) is 0.959. The molecule has 1 aromatic rings. The molecule has 0 aliphatic carbocycles. The topological polar surface area (TPSA) is 67.8 Å². The highest BCUT2D eigenvalue weighted by Gasteiger charge is 2.30. The van der Waals surface area contributed by atoms with Crippen molar-refractivity contribution in [2.75, 3.05) is 19.8 Å². The van der Waals surface area contributed by atoms with Crippen LogP contribution in [0.2, 0.25) is 0 Å². The van der Waals surface area contributed by atoms with Gasteiger partial charge in [-0.2, -0.15) is 0 Å². The second kappa shape index (κ2) is 4.94. The molecule has 2 aliphatic heterocycles. The highest BCUT2D eigenvalue weighted by atomic mass is 32.2. The van der Waals surface area contributed by atoms with Crippen LogP contribution in [0.1, 0.15) is 18.4 Å². The molecule has 0 atom stereocenters. The van der Waals surface area contributed by atoms with Crippen LogP contribution in [-0.2, 0) is 14.8 Å². The molecule has 0 aromatic heterocycles. The van der Waals surface area contributed by atoms with E-state index in [0.717, 1.165) is 26.1 Å². The molecule has 2 heterocycles. The number of nitrogens with zero attached hydrogens (tertiary/aromatic N) is 1. The van der Waals surface area contributed by atoms with Gasteiger partial charge in [0, 0.05) is 25.3 Å². The molecule has 6 heteroatoms. The first-order valence-electron chi connectivity index (χ1n) is 6.41. The fourth-order valence-corrected chi connectivity index (χ4v) is 3.65. The Kier molecular flexibility index (Phi) is 3.28. The van der Waals surface area contributed by atoms with Crippen LogP contribution < -0.4 is 4.72 Å². The predicted molar refractivity (Wildman–Crippen MR) is 71.7 cm³/mol. The minimum absolute atomic E-state index is 0.320. The van der Waals surface area contributed by atoms with Crippen molar-refractivity contribution in [2.24, 2.45) is 10.9 Å². The van der Waals surface area contributed by atoms with Crippen LogP contribution >= 0.6 is 0 Å². The summed E-state index contributed by atoms with van der Waals surface area (Å²) in [6.07, 6.45) is 1.98. The van der Waals surface area contributed by atoms with Gasteiger partial charge < -0.3 is 4.74 Å². The molecule has 0 amide bonds. The largest absolute Gasteiger partial charge is 0.381 e. The van der Waals surface area contributed by atoms with E-state index in [0.29, 0.717) is 28.8 Å². The quantitative estimate of drug-likeness (QED) is 0.883. The molecule has 0 unspecified atom stereocenters. The van der Waals surface area contributed by atoms with Gasteiger partial charge in [-0.1, -0.05) is 12.1 Å². The minimum Gasteiger partial charge on any atom is -0.381 e. The Morgan fingerprint density at radius 1 is 1.26 bits per heavy atom. The number of amidine groups is 1. The van der Waals surface area contributed by atoms with Gasteiger partial charge in [0.2, 0.25) is 0 Å². The Hall–Kier alpha value is -1.40. The molecule has 0 spiro atoms. The van der Waals surface area contributed by atoms with Gasteiger partial charge in [-0.25, -0.2) is 8.42 Å². The zero-order valence-corrected chi connectivity index (χ0v) is 11.3. The van der Waals surface area contributed by atoms with E-state index >= 15 is 0 Å². The molecule has 0 bridgehead atoms. The molecular weight excluding hydrogens is 264 g/mol. The number of aliphatic imine (C=N–C) groups is 1. The third kappa shape index (κ3) is 2.50. The SMILES string of the molecule is O=S1(=O)NC(=NCC2CCOCC2)c2ccccc21. The number of benzene rings is 1. The average Bonchev–Trinajstić information content (AvgIpc) is 2.70. The summed E-state index contributed by atoms with van der Waals surface area (Å²) in [7, 11) is -3.41. The third-order valence-electron chi connectivity index (χ3n) is 3.51. The van der Waals surface area contributed by atoms with Crippen LogP contribution in [0.3, 0.4) is 0 Å². The van der Waals surface area contributed by atoms with Gasteiger partial charge in [0.1, 0.15) is 5.84 Å². The molecule has 3 rings (SSSR count). The van der Waals surface area contributed by atoms with Crippen molar-refractivity contribution in [3.8, 4) is 0 Å². The van der Waals surface area contributed by atoms with Crippen molar-refractivity contribution in [2.45, 2.75) is 17.7 Å². The average molecular weight is 280 g/mol. The normalized spacial score (nSPS) is 24.1. The van der Waals surface area contributed by atoms with Crippen LogP contribution in [0.15, 0.2) is 34.2 Å². The van der Waals surface area contributed by atoms with Crippen LogP contribution in [-0.4, -0.2) is 34.0 Å². The maximum atomic E-state index is 11.9. The Bertz CT molecular complexity index is 604. The first kappa shape index (κ1) is 12.6. The third-order valence-corrected chi connectivity index (χ3v) is 4.91. The summed E-state index contributed by atoms with van der Waals surface area (Å²) in [4.78, 5) is 4.77. The lowest BCUT2D eigenvalue weighted by molar-refractivity contribution is 0.0689. The van der Waals surface area contributed by atoms with Crippen molar-refractivity contribution in [3.63, 3.8) is 0 Å². The lowest BCUT2D eigenvalue weighted by atomic mass is 10.0. The first-order valence-corrected chi connectivity index (χ1v) is 7.89. The van der Waals surface area contributed by atoms with Crippen molar-refractivity contribution in [1.82, 2.24) is 4.72 Å². The van der Waals surface area contributed by atoms with Crippen molar-refractivity contribution >= 4 is 15.9 Å². The van der Waals surface area contributed by atoms with Crippen molar-refractivity contribution < 1.29 is 13.2 Å². The van der Waals surface area contributed by atoms with Gasteiger partial charge in [-0.3, -0.25) is 9.71 Å². The van der Waals surface area contributed by atoms with Crippen LogP contribution in [0.25, 0.3) is 0 Å². The highest BCUT2D eigenvalue weighted by Crippen LogP contribution is 2.23. The molecule has 1 fully saturated rings. The van der Waals surface area contributed by atoms with E-state index in [1.165, 1.54) is 0 Å². The smallest absolute Gasteiger partial charge is 0.263 e. The summed E-state index contributed by atoms with van der Waals surface area (Å²) in [5, 5.41) is 0. The molecule has 0 saturated carbocycles. The number of rotatable bonds is 2. The zero-order valence-electron chi connectivity index (χ0n) is 10.5. The lowest BCUT2D eigenvalue weighted by Crippen LogP contribution is -2.24. The van der Waals surface area contributed by atoms with Gasteiger partial charge in [0.05, 0.1) is 4.90 Å². The fourth-order valence-electron chi connectivity index (χ4n) is 2.40. The molecule has 5 nitrogen and oxygen atoms in total. The van der Waals surface area contributed by atoms with Crippen LogP contribution in [0.4, 0.5) is 0 Å². The minimum atomic E-state index is -3.41. The Labute approximate surface area is 112 Å². The Morgan fingerprint density at radius 3 is 2.79 bits per heavy atom. The first-order chi connectivity index (χ1) is 9.17. The van der Waals surface area contributed by atoms with Crippen molar-refractivity contribution in [1.29, 1.82) is 0 Å². The highest BCUT2D eigenvalue weighted by molar-refractivity contribution is 7.90. The van der Waals surface area contributed by atoms with E-state index in [9.17, 15) is 8.42 Å². The van der Waals surface area contributed by atoms with Gasteiger partial charge in [0.15, 0.2) is 0 Å². The molecule has 102 valence electrons. The lowest BCUT2D eigenvalue weighted by Gasteiger charge is -2.20. The van der Waals surface area contributed by atoms with Gasteiger partial charge in [0.25, 0.3) is 10.0 Å². The number of hydrogen-bond acceptors (Lipinski definition) is 4. The number of sulfonamides is 1. The standard InChI is InChI=1S/C13H16N2O3S/c16-19(17)12-4-2-1-3-11(12)13(15-19)14-9-10-5-7-18-8-6-10/h1-4,10H,5-9H2,(H,14,15). The molecule has 0 radical (unpaired) electrons. The summed E-state index contributed by atoms with van der Waals surface area (Å²) in [6.45, 7) is 2.20. The molecule has 1 aromatic carbocycles. The monoisotopic (exact) mass is 280 g/mol. The fraction of sp³-hybridized carbons (Fsp3) is 0.462. The predicted octanol–water partition coefficient (Wildman–Crippen LogP) is 1.15. The van der Waals surface area contributed by atoms with E-state index < -0.39 is 10.0 Å². The summed E-state index contributed by atoms with van der Waals surface area (Å²) in [6, 6.07) is 6.94.